The van der Waals surface area contributed by atoms with Gasteiger partial charge in [0, 0.05) is 22.0 Å². The summed E-state index contributed by atoms with van der Waals surface area (Å²) in [6.45, 7) is 2.15. The number of benzene rings is 1. The summed E-state index contributed by atoms with van der Waals surface area (Å²) in [6, 6.07) is 8.23. The van der Waals surface area contributed by atoms with Crippen molar-refractivity contribution in [3.05, 3.63) is 35.4 Å². The Morgan fingerprint density at radius 2 is 1.78 bits per heavy atom. The Balaban J connectivity index is 1.73. The summed E-state index contributed by atoms with van der Waals surface area (Å²) in [5.74, 6) is 0.672. The van der Waals surface area contributed by atoms with Crippen molar-refractivity contribution >= 4 is 17.5 Å². The van der Waals surface area contributed by atoms with Crippen molar-refractivity contribution in [1.29, 1.82) is 0 Å². The smallest absolute Gasteiger partial charge is 0.166 e. The van der Waals surface area contributed by atoms with E-state index in [-0.39, 0.29) is 5.92 Å². The van der Waals surface area contributed by atoms with Crippen molar-refractivity contribution in [3.63, 3.8) is 0 Å². The predicted molar refractivity (Wildman–Crippen MR) is 77.3 cm³/mol. The lowest BCUT2D eigenvalue weighted by molar-refractivity contribution is 0.0907. The Kier molecular flexibility index (Phi) is 3.47. The average molecular weight is 260 g/mol. The van der Waals surface area contributed by atoms with Crippen LogP contribution in [-0.2, 0) is 6.42 Å². The number of carbonyl (C=O) groups is 1. The highest BCUT2D eigenvalue weighted by atomic mass is 32.2. The van der Waals surface area contributed by atoms with Crippen LogP contribution in [0, 0.1) is 5.92 Å². The highest BCUT2D eigenvalue weighted by molar-refractivity contribution is 8.00. The molecule has 2 heterocycles. The largest absolute Gasteiger partial charge is 0.294 e. The van der Waals surface area contributed by atoms with Gasteiger partial charge in [0.2, 0.25) is 0 Å². The minimum atomic E-state index is 0.288. The van der Waals surface area contributed by atoms with Crippen LogP contribution in [0.4, 0.5) is 0 Å². The molecule has 2 heteroatoms. The molecule has 0 radical (unpaired) electrons. The average Bonchev–Trinajstić information content (AvgIpc) is 2.77. The molecule has 2 aliphatic rings. The number of fused-ring (bicyclic) bond motifs is 2. The summed E-state index contributed by atoms with van der Waals surface area (Å²) >= 11 is 2.12. The Labute approximate surface area is 113 Å². The van der Waals surface area contributed by atoms with E-state index in [9.17, 15) is 4.79 Å². The van der Waals surface area contributed by atoms with Gasteiger partial charge in [-0.1, -0.05) is 31.2 Å². The Morgan fingerprint density at radius 1 is 1.17 bits per heavy atom. The second-order valence-electron chi connectivity index (χ2n) is 5.54. The molecule has 2 bridgehead atoms. The van der Waals surface area contributed by atoms with Gasteiger partial charge in [0.15, 0.2) is 5.78 Å². The van der Waals surface area contributed by atoms with Crippen molar-refractivity contribution in [2.24, 2.45) is 5.92 Å². The van der Waals surface area contributed by atoms with Gasteiger partial charge in [-0.25, -0.2) is 0 Å². The molecule has 2 unspecified atom stereocenters. The molecule has 18 heavy (non-hydrogen) atoms. The van der Waals surface area contributed by atoms with Crippen molar-refractivity contribution in [2.45, 2.75) is 49.5 Å². The molecule has 0 N–H and O–H groups in total. The van der Waals surface area contributed by atoms with Crippen LogP contribution in [0.15, 0.2) is 24.3 Å². The zero-order chi connectivity index (χ0) is 12.5. The molecule has 0 spiro atoms. The first-order valence-electron chi connectivity index (χ1n) is 7.05. The molecule has 0 saturated carbocycles. The summed E-state index contributed by atoms with van der Waals surface area (Å²) in [5.41, 5.74) is 2.23. The van der Waals surface area contributed by atoms with Crippen molar-refractivity contribution in [2.75, 3.05) is 0 Å². The number of rotatable bonds is 3. The van der Waals surface area contributed by atoms with Gasteiger partial charge in [0.25, 0.3) is 0 Å². The third kappa shape index (κ3) is 2.35. The number of hydrogen-bond donors (Lipinski definition) is 0. The first-order valence-corrected chi connectivity index (χ1v) is 7.99. The maximum absolute atomic E-state index is 12.5. The Hall–Kier alpha value is -0.760. The molecule has 0 amide bonds. The van der Waals surface area contributed by atoms with Crippen LogP contribution in [0.1, 0.15) is 48.5 Å². The van der Waals surface area contributed by atoms with Gasteiger partial charge in [-0.05, 0) is 37.7 Å². The van der Waals surface area contributed by atoms with Gasteiger partial charge in [-0.2, -0.15) is 11.8 Å². The number of aryl methyl sites for hydroxylation is 1. The normalized spacial score (nSPS) is 30.4. The maximum Gasteiger partial charge on any atom is 0.166 e. The molecule has 2 aliphatic heterocycles. The Morgan fingerprint density at radius 3 is 2.33 bits per heavy atom. The lowest BCUT2D eigenvalue weighted by Gasteiger charge is -2.26. The zero-order valence-corrected chi connectivity index (χ0v) is 11.7. The summed E-state index contributed by atoms with van der Waals surface area (Å²) in [7, 11) is 0. The van der Waals surface area contributed by atoms with E-state index in [0.717, 1.165) is 35.3 Å². The summed E-state index contributed by atoms with van der Waals surface area (Å²) in [4.78, 5) is 12.5. The van der Waals surface area contributed by atoms with Gasteiger partial charge in [0.1, 0.15) is 0 Å². The fraction of sp³-hybridized carbons (Fsp3) is 0.562. The first kappa shape index (κ1) is 12.3. The summed E-state index contributed by atoms with van der Waals surface area (Å²) < 4.78 is 0. The molecule has 0 aliphatic carbocycles. The summed E-state index contributed by atoms with van der Waals surface area (Å²) in [5, 5.41) is 1.51. The van der Waals surface area contributed by atoms with Gasteiger partial charge < -0.3 is 0 Å². The molecule has 1 aromatic carbocycles. The van der Waals surface area contributed by atoms with Crippen LogP contribution in [0.25, 0.3) is 0 Å². The molecule has 3 rings (SSSR count). The van der Waals surface area contributed by atoms with E-state index in [0.29, 0.717) is 5.78 Å². The monoisotopic (exact) mass is 260 g/mol. The highest BCUT2D eigenvalue weighted by Crippen LogP contribution is 2.46. The standard InChI is InChI=1S/C16H20OS/c1-2-11-3-5-12(6-4-11)16(17)13-9-14-7-8-15(10-13)18-14/h3-6,13-15H,2,7-10H2,1H3. The van der Waals surface area contributed by atoms with E-state index in [2.05, 4.69) is 30.8 Å². The lowest BCUT2D eigenvalue weighted by Crippen LogP contribution is -2.24. The molecule has 2 atom stereocenters. The molecule has 1 aromatic rings. The van der Waals surface area contributed by atoms with E-state index >= 15 is 0 Å². The second kappa shape index (κ2) is 5.08. The van der Waals surface area contributed by atoms with Crippen molar-refractivity contribution < 1.29 is 4.79 Å². The minimum Gasteiger partial charge on any atom is -0.294 e. The topological polar surface area (TPSA) is 17.1 Å². The first-order chi connectivity index (χ1) is 8.76. The van der Waals surface area contributed by atoms with E-state index in [1.807, 2.05) is 12.1 Å². The number of thioether (sulfide) groups is 1. The van der Waals surface area contributed by atoms with Gasteiger partial charge in [-0.3, -0.25) is 4.79 Å². The number of Topliss-reactive ketones (excluding diaryl/α,β-unsaturated/α-hetero) is 1. The molecule has 0 aromatic heterocycles. The van der Waals surface area contributed by atoms with Gasteiger partial charge in [-0.15, -0.1) is 0 Å². The molecule has 96 valence electrons. The van der Waals surface area contributed by atoms with E-state index < -0.39 is 0 Å². The third-order valence-corrected chi connectivity index (χ3v) is 5.93. The van der Waals surface area contributed by atoms with Gasteiger partial charge >= 0.3 is 0 Å². The third-order valence-electron chi connectivity index (χ3n) is 4.31. The van der Waals surface area contributed by atoms with E-state index in [1.165, 1.54) is 18.4 Å². The number of ketones is 1. The SMILES string of the molecule is CCc1ccc(C(=O)C2CC3CCC(C2)S3)cc1. The fourth-order valence-corrected chi connectivity index (χ4v) is 4.99. The fourth-order valence-electron chi connectivity index (χ4n) is 3.21. The van der Waals surface area contributed by atoms with E-state index in [1.54, 1.807) is 0 Å². The van der Waals surface area contributed by atoms with Crippen LogP contribution >= 0.6 is 11.8 Å². The van der Waals surface area contributed by atoms with Crippen molar-refractivity contribution in [3.8, 4) is 0 Å². The van der Waals surface area contributed by atoms with Crippen LogP contribution in [0.2, 0.25) is 0 Å². The molecule has 2 saturated heterocycles. The minimum absolute atomic E-state index is 0.288. The molecular formula is C16H20OS. The number of hydrogen-bond acceptors (Lipinski definition) is 2. The maximum atomic E-state index is 12.5. The quantitative estimate of drug-likeness (QED) is 0.761. The van der Waals surface area contributed by atoms with Crippen LogP contribution in [0.3, 0.4) is 0 Å². The molecule has 1 nitrogen and oxygen atoms in total. The number of carbonyl (C=O) groups excluding carboxylic acids is 1. The van der Waals surface area contributed by atoms with Crippen LogP contribution in [0.5, 0.6) is 0 Å². The van der Waals surface area contributed by atoms with Crippen LogP contribution in [-0.4, -0.2) is 16.3 Å². The zero-order valence-electron chi connectivity index (χ0n) is 10.9. The van der Waals surface area contributed by atoms with Crippen molar-refractivity contribution in [1.82, 2.24) is 0 Å². The Bertz CT molecular complexity index is 425. The van der Waals surface area contributed by atoms with Crippen LogP contribution < -0.4 is 0 Å². The second-order valence-corrected chi connectivity index (χ2v) is 7.15. The highest BCUT2D eigenvalue weighted by Gasteiger charge is 2.37. The predicted octanol–water partition coefficient (Wildman–Crippen LogP) is 4.11. The lowest BCUT2D eigenvalue weighted by atomic mass is 9.90. The van der Waals surface area contributed by atoms with E-state index in [4.69, 9.17) is 0 Å². The molecule has 2 fully saturated rings. The van der Waals surface area contributed by atoms with Gasteiger partial charge in [0.05, 0.1) is 0 Å². The summed E-state index contributed by atoms with van der Waals surface area (Å²) in [6.07, 6.45) is 5.91. The molecular weight excluding hydrogens is 240 g/mol.